The van der Waals surface area contributed by atoms with E-state index in [2.05, 4.69) is 5.16 Å². The van der Waals surface area contributed by atoms with Gasteiger partial charge in [0.05, 0.1) is 11.1 Å². The SMILES string of the molecule is CS(=O)(=O)N1CCN(C(=O)c2cc(-c3cccs3)on2)CC1. The fourth-order valence-corrected chi connectivity index (χ4v) is 3.80. The van der Waals surface area contributed by atoms with E-state index in [1.165, 1.54) is 21.9 Å². The van der Waals surface area contributed by atoms with E-state index in [-0.39, 0.29) is 11.6 Å². The van der Waals surface area contributed by atoms with E-state index in [0.29, 0.717) is 31.9 Å². The number of aromatic nitrogens is 1. The predicted molar refractivity (Wildman–Crippen MR) is 82.1 cm³/mol. The Kier molecular flexibility index (Phi) is 4.02. The van der Waals surface area contributed by atoms with Crippen LogP contribution < -0.4 is 0 Å². The lowest BCUT2D eigenvalue weighted by Gasteiger charge is -2.32. The lowest BCUT2D eigenvalue weighted by Crippen LogP contribution is -2.50. The maximum atomic E-state index is 12.4. The summed E-state index contributed by atoms with van der Waals surface area (Å²) in [7, 11) is -3.20. The van der Waals surface area contributed by atoms with Crippen LogP contribution in [0.25, 0.3) is 10.6 Å². The van der Waals surface area contributed by atoms with Crippen molar-refractivity contribution in [3.8, 4) is 10.6 Å². The smallest absolute Gasteiger partial charge is 0.276 e. The molecular formula is C13H15N3O4S2. The van der Waals surface area contributed by atoms with E-state index in [4.69, 9.17) is 4.52 Å². The van der Waals surface area contributed by atoms with E-state index in [0.717, 1.165) is 4.88 Å². The highest BCUT2D eigenvalue weighted by molar-refractivity contribution is 7.88. The number of carbonyl (C=O) groups is 1. The van der Waals surface area contributed by atoms with Gasteiger partial charge < -0.3 is 9.42 Å². The monoisotopic (exact) mass is 341 g/mol. The number of hydrogen-bond donors (Lipinski definition) is 0. The van der Waals surface area contributed by atoms with Crippen LogP contribution in [-0.2, 0) is 10.0 Å². The number of piperazine rings is 1. The van der Waals surface area contributed by atoms with Crippen molar-refractivity contribution in [3.63, 3.8) is 0 Å². The first-order chi connectivity index (χ1) is 10.4. The van der Waals surface area contributed by atoms with Crippen LogP contribution in [0, 0.1) is 0 Å². The molecule has 0 atom stereocenters. The molecule has 0 saturated carbocycles. The summed E-state index contributed by atoms with van der Waals surface area (Å²) in [5, 5.41) is 5.74. The molecule has 2 aromatic rings. The van der Waals surface area contributed by atoms with E-state index in [9.17, 15) is 13.2 Å². The summed E-state index contributed by atoms with van der Waals surface area (Å²) in [5.41, 5.74) is 0.246. The number of thiophene rings is 1. The Morgan fingerprint density at radius 2 is 2.05 bits per heavy atom. The van der Waals surface area contributed by atoms with E-state index >= 15 is 0 Å². The van der Waals surface area contributed by atoms with Gasteiger partial charge >= 0.3 is 0 Å². The maximum Gasteiger partial charge on any atom is 0.276 e. The second-order valence-electron chi connectivity index (χ2n) is 5.01. The molecule has 1 fully saturated rings. The molecular weight excluding hydrogens is 326 g/mol. The van der Waals surface area contributed by atoms with Crippen molar-refractivity contribution in [2.45, 2.75) is 0 Å². The number of sulfonamides is 1. The van der Waals surface area contributed by atoms with Gasteiger partial charge in [-0.3, -0.25) is 4.79 Å². The average molecular weight is 341 g/mol. The Morgan fingerprint density at radius 3 is 2.64 bits per heavy atom. The highest BCUT2D eigenvalue weighted by atomic mass is 32.2. The van der Waals surface area contributed by atoms with Crippen LogP contribution in [0.2, 0.25) is 0 Å². The summed E-state index contributed by atoms with van der Waals surface area (Å²) in [6.45, 7) is 1.32. The molecule has 3 rings (SSSR count). The van der Waals surface area contributed by atoms with Gasteiger partial charge in [0.2, 0.25) is 10.0 Å². The summed E-state index contributed by atoms with van der Waals surface area (Å²) >= 11 is 1.51. The molecule has 22 heavy (non-hydrogen) atoms. The molecule has 7 nitrogen and oxygen atoms in total. The van der Waals surface area contributed by atoms with Crippen molar-refractivity contribution in [2.24, 2.45) is 0 Å². The maximum absolute atomic E-state index is 12.4. The number of rotatable bonds is 3. The van der Waals surface area contributed by atoms with Crippen LogP contribution in [-0.4, -0.2) is 61.1 Å². The number of amides is 1. The molecule has 0 aliphatic carbocycles. The zero-order valence-electron chi connectivity index (χ0n) is 11.9. The largest absolute Gasteiger partial charge is 0.355 e. The summed E-state index contributed by atoms with van der Waals surface area (Å²) < 4.78 is 29.5. The quantitative estimate of drug-likeness (QED) is 0.835. The van der Waals surface area contributed by atoms with Crippen molar-refractivity contribution in [2.75, 3.05) is 32.4 Å². The van der Waals surface area contributed by atoms with Gasteiger partial charge in [-0.1, -0.05) is 11.2 Å². The Morgan fingerprint density at radius 1 is 1.32 bits per heavy atom. The number of hydrogen-bond acceptors (Lipinski definition) is 6. The molecule has 1 saturated heterocycles. The van der Waals surface area contributed by atoms with Gasteiger partial charge in [0.15, 0.2) is 11.5 Å². The zero-order valence-corrected chi connectivity index (χ0v) is 13.6. The fourth-order valence-electron chi connectivity index (χ4n) is 2.30. The first-order valence-corrected chi connectivity index (χ1v) is 9.43. The molecule has 0 bridgehead atoms. The molecule has 0 unspecified atom stereocenters. The van der Waals surface area contributed by atoms with E-state index in [1.807, 2.05) is 17.5 Å². The lowest BCUT2D eigenvalue weighted by atomic mass is 10.2. The molecule has 2 aromatic heterocycles. The molecule has 118 valence electrons. The third-order valence-corrected chi connectivity index (χ3v) is 5.68. The standard InChI is InChI=1S/C13H15N3O4S2/c1-22(18,19)16-6-4-15(5-7-16)13(17)10-9-11(20-14-10)12-3-2-8-21-12/h2-3,8-9H,4-7H2,1H3. The molecule has 0 radical (unpaired) electrons. The number of carbonyl (C=O) groups excluding carboxylic acids is 1. The van der Waals surface area contributed by atoms with Crippen molar-refractivity contribution in [3.05, 3.63) is 29.3 Å². The van der Waals surface area contributed by atoms with Crippen LogP contribution in [0.15, 0.2) is 28.1 Å². The zero-order chi connectivity index (χ0) is 15.7. The van der Waals surface area contributed by atoms with E-state index < -0.39 is 10.0 Å². The Balaban J connectivity index is 1.68. The minimum Gasteiger partial charge on any atom is -0.355 e. The van der Waals surface area contributed by atoms with Gasteiger partial charge in [-0.15, -0.1) is 11.3 Å². The highest BCUT2D eigenvalue weighted by Crippen LogP contribution is 2.25. The van der Waals surface area contributed by atoms with Gasteiger partial charge in [-0.05, 0) is 11.4 Å². The van der Waals surface area contributed by atoms with Crippen molar-refractivity contribution in [1.82, 2.24) is 14.4 Å². The molecule has 1 aliphatic heterocycles. The molecule has 3 heterocycles. The predicted octanol–water partition coefficient (Wildman–Crippen LogP) is 1.12. The van der Waals surface area contributed by atoms with E-state index in [1.54, 1.807) is 11.0 Å². The van der Waals surface area contributed by atoms with Crippen LogP contribution in [0.3, 0.4) is 0 Å². The third kappa shape index (κ3) is 3.06. The summed E-state index contributed by atoms with van der Waals surface area (Å²) in [4.78, 5) is 14.9. The van der Waals surface area contributed by atoms with Gasteiger partial charge in [0.25, 0.3) is 5.91 Å². The Labute approximate surface area is 132 Å². The molecule has 0 aromatic carbocycles. The van der Waals surface area contributed by atoms with Crippen LogP contribution in [0.4, 0.5) is 0 Å². The first-order valence-electron chi connectivity index (χ1n) is 6.70. The minimum absolute atomic E-state index is 0.236. The van der Waals surface area contributed by atoms with Gasteiger partial charge in [-0.2, -0.15) is 4.31 Å². The average Bonchev–Trinajstić information content (AvgIpc) is 3.16. The highest BCUT2D eigenvalue weighted by Gasteiger charge is 2.28. The molecule has 1 amide bonds. The van der Waals surface area contributed by atoms with Gasteiger partial charge in [0, 0.05) is 32.2 Å². The van der Waals surface area contributed by atoms with Gasteiger partial charge in [-0.25, -0.2) is 8.42 Å². The summed E-state index contributed by atoms with van der Waals surface area (Å²) in [6, 6.07) is 5.41. The first kappa shape index (κ1) is 15.2. The Hall–Kier alpha value is -1.71. The van der Waals surface area contributed by atoms with Crippen LogP contribution in [0.1, 0.15) is 10.5 Å². The normalized spacial score (nSPS) is 16.9. The van der Waals surface area contributed by atoms with Crippen molar-refractivity contribution >= 4 is 27.3 Å². The minimum atomic E-state index is -3.20. The lowest BCUT2D eigenvalue weighted by molar-refractivity contribution is 0.0688. The summed E-state index contributed by atoms with van der Waals surface area (Å²) in [6.07, 6.45) is 1.18. The second-order valence-corrected chi connectivity index (χ2v) is 7.94. The van der Waals surface area contributed by atoms with Crippen molar-refractivity contribution in [1.29, 1.82) is 0 Å². The molecule has 1 aliphatic rings. The number of nitrogens with zero attached hydrogens (tertiary/aromatic N) is 3. The molecule has 9 heteroatoms. The second kappa shape index (κ2) is 5.82. The Bertz CT molecular complexity index is 759. The topological polar surface area (TPSA) is 83.7 Å². The summed E-state index contributed by atoms with van der Waals surface area (Å²) in [5.74, 6) is 0.327. The molecule has 0 spiro atoms. The van der Waals surface area contributed by atoms with Crippen LogP contribution in [0.5, 0.6) is 0 Å². The third-order valence-electron chi connectivity index (χ3n) is 3.49. The molecule has 0 N–H and O–H groups in total. The van der Waals surface area contributed by atoms with Crippen molar-refractivity contribution < 1.29 is 17.7 Å². The fraction of sp³-hybridized carbons (Fsp3) is 0.385. The van der Waals surface area contributed by atoms with Gasteiger partial charge in [0.1, 0.15) is 0 Å². The van der Waals surface area contributed by atoms with Crippen LogP contribution >= 0.6 is 11.3 Å².